The molecule has 6 heteroatoms. The molecule has 1 aromatic carbocycles. The fourth-order valence-electron chi connectivity index (χ4n) is 3.10. The Morgan fingerprint density at radius 1 is 1.31 bits per heavy atom. The number of hydrogen-bond donors (Lipinski definition) is 1. The standard InChI is InChI=1S/C20H24FN5/c1-14(2)20(13-22-16(4)25-9-5-6-10-25)26-15(3)12-23-24-18-11-17(21)7-8-19(18)26/h7-8,11-13,24H,1,3,5-6,9-10H2,2,4H3/b20-13+,22-16+. The normalized spacial score (nSPS) is 17.9. The first-order chi connectivity index (χ1) is 12.5. The van der Waals surface area contributed by atoms with E-state index in [1.54, 1.807) is 18.5 Å². The quantitative estimate of drug-likeness (QED) is 0.495. The van der Waals surface area contributed by atoms with Crippen molar-refractivity contribution < 1.29 is 4.39 Å². The Hall–Kier alpha value is -2.89. The van der Waals surface area contributed by atoms with Gasteiger partial charge in [0.15, 0.2) is 0 Å². The maximum absolute atomic E-state index is 13.6. The van der Waals surface area contributed by atoms with Crippen LogP contribution in [0.4, 0.5) is 15.8 Å². The highest BCUT2D eigenvalue weighted by Crippen LogP contribution is 2.35. The van der Waals surface area contributed by atoms with Crippen molar-refractivity contribution in [2.24, 2.45) is 10.1 Å². The maximum Gasteiger partial charge on any atom is 0.125 e. The van der Waals surface area contributed by atoms with Crippen molar-refractivity contribution in [3.05, 3.63) is 60.3 Å². The minimum Gasteiger partial charge on any atom is -0.360 e. The number of nitrogens with one attached hydrogen (secondary N) is 1. The molecule has 2 heterocycles. The third kappa shape index (κ3) is 3.69. The lowest BCUT2D eigenvalue weighted by molar-refractivity contribution is 0.516. The maximum atomic E-state index is 13.6. The fraction of sp³-hybridized carbons (Fsp3) is 0.300. The van der Waals surface area contributed by atoms with Gasteiger partial charge in [0.25, 0.3) is 0 Å². The van der Waals surface area contributed by atoms with E-state index >= 15 is 0 Å². The van der Waals surface area contributed by atoms with Crippen molar-refractivity contribution in [2.45, 2.75) is 26.7 Å². The summed E-state index contributed by atoms with van der Waals surface area (Å²) < 4.78 is 13.6. The van der Waals surface area contributed by atoms with Crippen molar-refractivity contribution >= 4 is 23.4 Å². The van der Waals surface area contributed by atoms with Gasteiger partial charge < -0.3 is 9.80 Å². The van der Waals surface area contributed by atoms with E-state index in [-0.39, 0.29) is 5.82 Å². The molecule has 3 rings (SSSR count). The number of likely N-dealkylation sites (tertiary alicyclic amines) is 1. The second kappa shape index (κ2) is 7.56. The number of hydrogen-bond acceptors (Lipinski definition) is 4. The first-order valence-electron chi connectivity index (χ1n) is 8.70. The summed E-state index contributed by atoms with van der Waals surface area (Å²) in [5.41, 5.74) is 6.43. The van der Waals surface area contributed by atoms with Crippen LogP contribution < -0.4 is 10.3 Å². The molecule has 1 aromatic rings. The average molecular weight is 353 g/mol. The van der Waals surface area contributed by atoms with E-state index in [0.29, 0.717) is 11.4 Å². The highest BCUT2D eigenvalue weighted by Gasteiger charge is 2.21. The number of rotatable bonds is 3. The largest absolute Gasteiger partial charge is 0.360 e. The zero-order valence-corrected chi connectivity index (χ0v) is 15.3. The van der Waals surface area contributed by atoms with Crippen molar-refractivity contribution in [1.29, 1.82) is 0 Å². The molecule has 2 aliphatic heterocycles. The Labute approximate surface area is 153 Å². The van der Waals surface area contributed by atoms with Gasteiger partial charge in [-0.2, -0.15) is 5.10 Å². The van der Waals surface area contributed by atoms with E-state index in [0.717, 1.165) is 35.9 Å². The molecule has 0 saturated carbocycles. The molecular weight excluding hydrogens is 329 g/mol. The molecule has 0 aliphatic carbocycles. The monoisotopic (exact) mass is 353 g/mol. The summed E-state index contributed by atoms with van der Waals surface area (Å²) in [7, 11) is 0. The number of aliphatic imine (C=N–C) groups is 1. The molecule has 0 amide bonds. The lowest BCUT2D eigenvalue weighted by atomic mass is 10.1. The summed E-state index contributed by atoms with van der Waals surface area (Å²) in [6, 6.07) is 4.53. The lowest BCUT2D eigenvalue weighted by Gasteiger charge is -2.27. The third-order valence-electron chi connectivity index (χ3n) is 4.50. The first-order valence-corrected chi connectivity index (χ1v) is 8.70. The van der Waals surface area contributed by atoms with Crippen molar-refractivity contribution in [3.8, 4) is 0 Å². The molecule has 5 nitrogen and oxygen atoms in total. The van der Waals surface area contributed by atoms with Gasteiger partial charge in [0.2, 0.25) is 0 Å². The number of nitrogens with zero attached hydrogens (tertiary/aromatic N) is 4. The lowest BCUT2D eigenvalue weighted by Crippen LogP contribution is -2.25. The molecule has 2 aliphatic rings. The topological polar surface area (TPSA) is 43.2 Å². The Kier molecular flexibility index (Phi) is 5.21. The molecule has 26 heavy (non-hydrogen) atoms. The number of amidine groups is 1. The molecule has 136 valence electrons. The number of benzene rings is 1. The minimum atomic E-state index is -0.331. The molecule has 0 spiro atoms. The van der Waals surface area contributed by atoms with Crippen LogP contribution in [0, 0.1) is 5.82 Å². The van der Waals surface area contributed by atoms with Crippen molar-refractivity contribution in [3.63, 3.8) is 0 Å². The summed E-state index contributed by atoms with van der Waals surface area (Å²) in [5.74, 6) is 0.649. The summed E-state index contributed by atoms with van der Waals surface area (Å²) in [4.78, 5) is 8.82. The van der Waals surface area contributed by atoms with E-state index in [1.807, 2.05) is 18.7 Å². The summed E-state index contributed by atoms with van der Waals surface area (Å²) in [6.45, 7) is 14.2. The number of halogens is 1. The fourth-order valence-corrected chi connectivity index (χ4v) is 3.10. The van der Waals surface area contributed by atoms with E-state index in [2.05, 4.69) is 33.6 Å². The summed E-state index contributed by atoms with van der Waals surface area (Å²) in [5, 5.41) is 4.10. The van der Waals surface area contributed by atoms with E-state index in [9.17, 15) is 4.39 Å². The molecule has 0 atom stereocenters. The predicted molar refractivity (Wildman–Crippen MR) is 107 cm³/mol. The smallest absolute Gasteiger partial charge is 0.125 e. The van der Waals surface area contributed by atoms with Crippen LogP contribution in [0.5, 0.6) is 0 Å². The average Bonchev–Trinajstić information content (AvgIpc) is 3.08. The highest BCUT2D eigenvalue weighted by molar-refractivity contribution is 5.92. The van der Waals surface area contributed by atoms with Crippen LogP contribution in [0.25, 0.3) is 0 Å². The van der Waals surface area contributed by atoms with Gasteiger partial charge in [-0.3, -0.25) is 5.43 Å². The number of anilines is 2. The molecule has 1 fully saturated rings. The van der Waals surface area contributed by atoms with Crippen LogP contribution in [0.1, 0.15) is 26.7 Å². The van der Waals surface area contributed by atoms with Crippen LogP contribution in [-0.4, -0.2) is 30.0 Å². The van der Waals surface area contributed by atoms with Crippen molar-refractivity contribution in [1.82, 2.24) is 4.90 Å². The van der Waals surface area contributed by atoms with Crippen LogP contribution in [-0.2, 0) is 0 Å². The first kappa shape index (κ1) is 17.9. The molecule has 0 unspecified atom stereocenters. The molecule has 0 aromatic heterocycles. The zero-order chi connectivity index (χ0) is 18.7. The van der Waals surface area contributed by atoms with Gasteiger partial charge in [0.05, 0.1) is 35.2 Å². The van der Waals surface area contributed by atoms with E-state index in [4.69, 9.17) is 0 Å². The van der Waals surface area contributed by atoms with Gasteiger partial charge in [-0.1, -0.05) is 13.2 Å². The highest BCUT2D eigenvalue weighted by atomic mass is 19.1. The van der Waals surface area contributed by atoms with Crippen LogP contribution in [0.3, 0.4) is 0 Å². The summed E-state index contributed by atoms with van der Waals surface area (Å²) in [6.07, 6.45) is 5.81. The minimum absolute atomic E-state index is 0.331. The SMILES string of the molecule is C=C(C)/C(=C\N=C(/C)N1CCCC1)N1C(=C)C=NNc2cc(F)ccc21. The Morgan fingerprint density at radius 2 is 2.04 bits per heavy atom. The van der Waals surface area contributed by atoms with Gasteiger partial charge in [-0.25, -0.2) is 9.38 Å². The second-order valence-corrected chi connectivity index (χ2v) is 6.52. The van der Waals surface area contributed by atoms with Gasteiger partial charge >= 0.3 is 0 Å². The third-order valence-corrected chi connectivity index (χ3v) is 4.50. The zero-order valence-electron chi connectivity index (χ0n) is 15.3. The van der Waals surface area contributed by atoms with Crippen molar-refractivity contribution in [2.75, 3.05) is 23.4 Å². The van der Waals surface area contributed by atoms with Gasteiger partial charge in [0.1, 0.15) is 11.7 Å². The van der Waals surface area contributed by atoms with Gasteiger partial charge in [-0.15, -0.1) is 0 Å². The molecular formula is C20H24FN5. The Balaban J connectivity index is 2.02. The Morgan fingerprint density at radius 3 is 2.73 bits per heavy atom. The van der Waals surface area contributed by atoms with Crippen LogP contribution >= 0.6 is 0 Å². The molecule has 1 saturated heterocycles. The second-order valence-electron chi connectivity index (χ2n) is 6.52. The summed E-state index contributed by atoms with van der Waals surface area (Å²) >= 11 is 0. The van der Waals surface area contributed by atoms with Crippen LogP contribution in [0.15, 0.2) is 64.6 Å². The Bertz CT molecular complexity index is 815. The number of allylic oxidation sites excluding steroid dienone is 2. The molecule has 0 radical (unpaired) electrons. The van der Waals surface area contributed by atoms with Crippen LogP contribution in [0.2, 0.25) is 0 Å². The predicted octanol–water partition coefficient (Wildman–Crippen LogP) is 4.49. The van der Waals surface area contributed by atoms with E-state index < -0.39 is 0 Å². The molecule has 1 N–H and O–H groups in total. The van der Waals surface area contributed by atoms with E-state index in [1.165, 1.54) is 25.0 Å². The number of hydrazone groups is 1. The van der Waals surface area contributed by atoms with Gasteiger partial charge in [-0.05, 0) is 44.4 Å². The van der Waals surface area contributed by atoms with Gasteiger partial charge in [0, 0.05) is 19.2 Å². The number of fused-ring (bicyclic) bond motifs is 1. The molecule has 0 bridgehead atoms.